The van der Waals surface area contributed by atoms with Crippen molar-refractivity contribution >= 4 is 10.9 Å². The van der Waals surface area contributed by atoms with Crippen LogP contribution in [0.3, 0.4) is 0 Å². The van der Waals surface area contributed by atoms with E-state index in [9.17, 15) is 4.39 Å². The predicted molar refractivity (Wildman–Crippen MR) is 58.1 cm³/mol. The summed E-state index contributed by atoms with van der Waals surface area (Å²) in [6.07, 6.45) is 4.04. The molecule has 78 valence electrons. The van der Waals surface area contributed by atoms with E-state index in [1.165, 1.54) is 18.4 Å². The molecule has 0 spiro atoms. The zero-order chi connectivity index (χ0) is 10.7. The molecule has 0 saturated heterocycles. The van der Waals surface area contributed by atoms with E-state index in [1.807, 2.05) is 6.20 Å². The standard InChI is InChI=1S/C12H12FNO/c1-2-15-6-5-9-8-14-12-4-3-10(13)7-11(9)12/h2-4,7-8,14H,1,5-6H2. The molecule has 0 unspecified atom stereocenters. The topological polar surface area (TPSA) is 25.0 Å². The van der Waals surface area contributed by atoms with Crippen molar-refractivity contribution in [3.8, 4) is 0 Å². The third-order valence-corrected chi connectivity index (χ3v) is 2.34. The maximum absolute atomic E-state index is 13.0. The fourth-order valence-electron chi connectivity index (χ4n) is 1.61. The molecule has 0 bridgehead atoms. The van der Waals surface area contributed by atoms with Gasteiger partial charge in [0.1, 0.15) is 5.82 Å². The van der Waals surface area contributed by atoms with E-state index in [4.69, 9.17) is 4.74 Å². The van der Waals surface area contributed by atoms with Crippen molar-refractivity contribution in [3.63, 3.8) is 0 Å². The van der Waals surface area contributed by atoms with Crippen LogP contribution < -0.4 is 0 Å². The van der Waals surface area contributed by atoms with Gasteiger partial charge in [0.15, 0.2) is 0 Å². The Bertz CT molecular complexity index is 475. The molecule has 0 fully saturated rings. The summed E-state index contributed by atoms with van der Waals surface area (Å²) in [6.45, 7) is 4.03. The average Bonchev–Trinajstić information content (AvgIpc) is 2.62. The monoisotopic (exact) mass is 205 g/mol. The summed E-state index contributed by atoms with van der Waals surface area (Å²) < 4.78 is 18.1. The van der Waals surface area contributed by atoms with Gasteiger partial charge in [-0.2, -0.15) is 0 Å². The number of aromatic amines is 1. The quantitative estimate of drug-likeness (QED) is 0.602. The molecule has 1 N–H and O–H groups in total. The Kier molecular flexibility index (Phi) is 2.72. The lowest BCUT2D eigenvalue weighted by Gasteiger charge is -1.99. The Labute approximate surface area is 87.4 Å². The van der Waals surface area contributed by atoms with Crippen LogP contribution in [0.15, 0.2) is 37.2 Å². The lowest BCUT2D eigenvalue weighted by molar-refractivity contribution is 0.255. The predicted octanol–water partition coefficient (Wildman–Crippen LogP) is 3.01. The van der Waals surface area contributed by atoms with Gasteiger partial charge in [-0.1, -0.05) is 6.58 Å². The van der Waals surface area contributed by atoms with Crippen LogP contribution in [0.2, 0.25) is 0 Å². The van der Waals surface area contributed by atoms with E-state index in [-0.39, 0.29) is 5.82 Å². The van der Waals surface area contributed by atoms with Crippen LogP contribution in [0.4, 0.5) is 4.39 Å². The SMILES string of the molecule is C=COCCc1c[nH]c2ccc(F)cc12. The lowest BCUT2D eigenvalue weighted by atomic mass is 10.1. The Morgan fingerprint density at radius 3 is 3.13 bits per heavy atom. The van der Waals surface area contributed by atoms with Gasteiger partial charge >= 0.3 is 0 Å². The van der Waals surface area contributed by atoms with Crippen molar-refractivity contribution in [1.29, 1.82) is 0 Å². The summed E-state index contributed by atoms with van der Waals surface area (Å²) in [7, 11) is 0. The molecule has 0 aliphatic heterocycles. The van der Waals surface area contributed by atoms with Crippen LogP contribution in [0.25, 0.3) is 10.9 Å². The molecule has 2 nitrogen and oxygen atoms in total. The zero-order valence-corrected chi connectivity index (χ0v) is 8.29. The first kappa shape index (κ1) is 9.77. The third-order valence-electron chi connectivity index (χ3n) is 2.34. The second-order valence-corrected chi connectivity index (χ2v) is 3.29. The summed E-state index contributed by atoms with van der Waals surface area (Å²) in [5, 5.41) is 0.919. The number of rotatable bonds is 4. The number of nitrogens with one attached hydrogen (secondary N) is 1. The first-order valence-corrected chi connectivity index (χ1v) is 4.79. The van der Waals surface area contributed by atoms with Gasteiger partial charge in [-0.15, -0.1) is 0 Å². The van der Waals surface area contributed by atoms with E-state index < -0.39 is 0 Å². The van der Waals surface area contributed by atoms with Crippen LogP contribution in [0.1, 0.15) is 5.56 Å². The van der Waals surface area contributed by atoms with Crippen molar-refractivity contribution in [1.82, 2.24) is 4.98 Å². The molecular weight excluding hydrogens is 193 g/mol. The smallest absolute Gasteiger partial charge is 0.123 e. The third kappa shape index (κ3) is 2.01. The molecule has 0 saturated carbocycles. The fourth-order valence-corrected chi connectivity index (χ4v) is 1.61. The van der Waals surface area contributed by atoms with Gasteiger partial charge in [0.25, 0.3) is 0 Å². The summed E-state index contributed by atoms with van der Waals surface area (Å²) in [5.41, 5.74) is 2.01. The van der Waals surface area contributed by atoms with Crippen LogP contribution >= 0.6 is 0 Å². The first-order chi connectivity index (χ1) is 7.31. The zero-order valence-electron chi connectivity index (χ0n) is 8.29. The molecule has 1 aromatic carbocycles. The highest BCUT2D eigenvalue weighted by molar-refractivity contribution is 5.83. The summed E-state index contributed by atoms with van der Waals surface area (Å²) in [6, 6.07) is 4.72. The minimum atomic E-state index is -0.215. The highest BCUT2D eigenvalue weighted by Gasteiger charge is 2.04. The van der Waals surface area contributed by atoms with Crippen molar-refractivity contribution in [2.24, 2.45) is 0 Å². The summed E-state index contributed by atoms with van der Waals surface area (Å²) in [5.74, 6) is -0.215. The van der Waals surface area contributed by atoms with Crippen molar-refractivity contribution in [2.75, 3.05) is 6.61 Å². The van der Waals surface area contributed by atoms with E-state index in [1.54, 1.807) is 6.07 Å². The molecular formula is C12H12FNO. The molecule has 1 heterocycles. The lowest BCUT2D eigenvalue weighted by Crippen LogP contribution is -1.92. The minimum absolute atomic E-state index is 0.215. The molecule has 2 rings (SSSR count). The number of halogens is 1. The Balaban J connectivity index is 2.27. The van der Waals surface area contributed by atoms with Crippen molar-refractivity contribution < 1.29 is 9.13 Å². The maximum Gasteiger partial charge on any atom is 0.123 e. The molecule has 0 atom stereocenters. The number of H-pyrrole nitrogens is 1. The van der Waals surface area contributed by atoms with E-state index in [0.717, 1.165) is 22.9 Å². The van der Waals surface area contributed by atoms with Gasteiger partial charge in [0, 0.05) is 23.5 Å². The second kappa shape index (κ2) is 4.17. The van der Waals surface area contributed by atoms with Gasteiger partial charge in [-0.25, -0.2) is 4.39 Å². The van der Waals surface area contributed by atoms with Gasteiger partial charge in [0.05, 0.1) is 12.9 Å². The molecule has 15 heavy (non-hydrogen) atoms. The molecule has 0 aliphatic rings. The largest absolute Gasteiger partial charge is 0.501 e. The highest BCUT2D eigenvalue weighted by Crippen LogP contribution is 2.19. The minimum Gasteiger partial charge on any atom is -0.501 e. The van der Waals surface area contributed by atoms with E-state index in [0.29, 0.717) is 6.61 Å². The van der Waals surface area contributed by atoms with Gasteiger partial charge in [0.2, 0.25) is 0 Å². The van der Waals surface area contributed by atoms with E-state index >= 15 is 0 Å². The Morgan fingerprint density at radius 2 is 2.33 bits per heavy atom. The first-order valence-electron chi connectivity index (χ1n) is 4.79. The second-order valence-electron chi connectivity index (χ2n) is 3.29. The average molecular weight is 205 g/mol. The number of hydrogen-bond donors (Lipinski definition) is 1. The maximum atomic E-state index is 13.0. The van der Waals surface area contributed by atoms with E-state index in [2.05, 4.69) is 11.6 Å². The van der Waals surface area contributed by atoms with Crippen molar-refractivity contribution in [2.45, 2.75) is 6.42 Å². The van der Waals surface area contributed by atoms with Crippen molar-refractivity contribution in [3.05, 3.63) is 48.6 Å². The van der Waals surface area contributed by atoms with Gasteiger partial charge in [-0.05, 0) is 23.8 Å². The number of benzene rings is 1. The summed E-state index contributed by atoms with van der Waals surface area (Å²) >= 11 is 0. The molecule has 3 heteroatoms. The van der Waals surface area contributed by atoms with Crippen LogP contribution in [0.5, 0.6) is 0 Å². The number of aromatic nitrogens is 1. The number of ether oxygens (including phenoxy) is 1. The number of fused-ring (bicyclic) bond motifs is 1. The molecule has 0 aliphatic carbocycles. The van der Waals surface area contributed by atoms with Gasteiger partial charge in [-0.3, -0.25) is 0 Å². The van der Waals surface area contributed by atoms with Gasteiger partial charge < -0.3 is 9.72 Å². The van der Waals surface area contributed by atoms with Crippen LogP contribution in [-0.2, 0) is 11.2 Å². The molecule has 0 radical (unpaired) electrons. The van der Waals surface area contributed by atoms with Crippen LogP contribution in [-0.4, -0.2) is 11.6 Å². The Hall–Kier alpha value is -1.77. The molecule has 0 amide bonds. The fraction of sp³-hybridized carbons (Fsp3) is 0.167. The highest BCUT2D eigenvalue weighted by atomic mass is 19.1. The number of hydrogen-bond acceptors (Lipinski definition) is 1. The summed E-state index contributed by atoms with van der Waals surface area (Å²) in [4.78, 5) is 3.09. The normalized spacial score (nSPS) is 10.5. The Morgan fingerprint density at radius 1 is 1.47 bits per heavy atom. The van der Waals surface area contributed by atoms with Crippen LogP contribution in [0, 0.1) is 5.82 Å². The molecule has 1 aromatic heterocycles. The molecule has 2 aromatic rings.